The molecule has 18 heteroatoms. The summed E-state index contributed by atoms with van der Waals surface area (Å²) in [6.07, 6.45) is -6.22. The minimum absolute atomic E-state index is 0.0273. The number of benzene rings is 1. The molecule has 0 aliphatic carbocycles. The van der Waals surface area contributed by atoms with Crippen LogP contribution < -0.4 is 16.6 Å². The standard InChI is InChI=1S/C19H25N3O13P2/c1-10(24)20-15-11(7-23)3-2-4-12(15)9-36(29,30)35-37(31,32)33-8-13-16(26)17(27)18(34-13)22-6-5-14(25)21-19(22)28/h2-6,13,16-18,23,26-27H,7-9H2,1H3,(H,20,24)(H,29,30)(H,31,32)(H,21,25,28)/t13-,16?,17?,18-/m1/s1. The molecule has 204 valence electrons. The molecule has 3 rings (SSSR count). The Kier molecular flexibility index (Phi) is 9.03. The first kappa shape index (κ1) is 29.1. The number of phosphoric ester groups is 1. The van der Waals surface area contributed by atoms with Crippen molar-refractivity contribution in [3.8, 4) is 0 Å². The van der Waals surface area contributed by atoms with Crippen LogP contribution in [0.3, 0.4) is 0 Å². The van der Waals surface area contributed by atoms with Gasteiger partial charge < -0.3 is 35.2 Å². The normalized spacial score (nSPS) is 24.8. The van der Waals surface area contributed by atoms with Gasteiger partial charge in [0.15, 0.2) is 6.23 Å². The molecule has 1 saturated heterocycles. The van der Waals surface area contributed by atoms with Crippen LogP contribution in [-0.4, -0.2) is 65.5 Å². The maximum Gasteiger partial charge on any atom is 0.479 e. The van der Waals surface area contributed by atoms with E-state index in [0.717, 1.165) is 16.8 Å². The van der Waals surface area contributed by atoms with Crippen LogP contribution in [0.25, 0.3) is 0 Å². The van der Waals surface area contributed by atoms with Gasteiger partial charge in [0.2, 0.25) is 5.91 Å². The lowest BCUT2D eigenvalue weighted by atomic mass is 10.1. The number of ether oxygens (including phenoxy) is 1. The molecule has 2 aromatic rings. The zero-order chi connectivity index (χ0) is 27.5. The Morgan fingerprint density at radius 2 is 1.84 bits per heavy atom. The van der Waals surface area contributed by atoms with Gasteiger partial charge in [-0.05, 0) is 5.56 Å². The number of carbonyl (C=O) groups excluding carboxylic acids is 1. The summed E-state index contributed by atoms with van der Waals surface area (Å²) < 4.78 is 40.2. The second-order valence-corrected chi connectivity index (χ2v) is 11.4. The van der Waals surface area contributed by atoms with Gasteiger partial charge >= 0.3 is 21.1 Å². The van der Waals surface area contributed by atoms with Crippen LogP contribution in [0.15, 0.2) is 40.1 Å². The van der Waals surface area contributed by atoms with E-state index in [0.29, 0.717) is 0 Å². The molecule has 0 saturated carbocycles. The highest BCUT2D eigenvalue weighted by Crippen LogP contribution is 2.62. The lowest BCUT2D eigenvalue weighted by Crippen LogP contribution is -2.37. The second-order valence-electron chi connectivity index (χ2n) is 8.00. The van der Waals surface area contributed by atoms with Crippen LogP contribution in [0.5, 0.6) is 0 Å². The van der Waals surface area contributed by atoms with E-state index >= 15 is 0 Å². The van der Waals surface area contributed by atoms with E-state index in [4.69, 9.17) is 4.74 Å². The number of carbonyl (C=O) groups is 1. The van der Waals surface area contributed by atoms with Gasteiger partial charge in [0, 0.05) is 24.8 Å². The fourth-order valence-corrected chi connectivity index (χ4v) is 6.31. The van der Waals surface area contributed by atoms with Crippen molar-refractivity contribution in [1.29, 1.82) is 0 Å². The molecule has 1 aromatic carbocycles. The Morgan fingerprint density at radius 3 is 2.46 bits per heavy atom. The lowest BCUT2D eigenvalue weighted by Gasteiger charge is -2.20. The second kappa shape index (κ2) is 11.5. The Morgan fingerprint density at radius 1 is 1.16 bits per heavy atom. The first-order valence-corrected chi connectivity index (χ1v) is 13.8. The van der Waals surface area contributed by atoms with Crippen LogP contribution in [0.1, 0.15) is 24.3 Å². The number of H-pyrrole nitrogens is 1. The number of para-hydroxylation sites is 1. The Labute approximate surface area is 208 Å². The lowest BCUT2D eigenvalue weighted by molar-refractivity contribution is -0.114. The van der Waals surface area contributed by atoms with Crippen LogP contribution in [0.4, 0.5) is 5.69 Å². The Balaban J connectivity index is 1.68. The summed E-state index contributed by atoms with van der Waals surface area (Å²) >= 11 is 0. The summed E-state index contributed by atoms with van der Waals surface area (Å²) in [6, 6.07) is 5.18. The van der Waals surface area contributed by atoms with Gasteiger partial charge in [0.1, 0.15) is 18.3 Å². The number of amides is 1. The van der Waals surface area contributed by atoms with Crippen LogP contribution in [0, 0.1) is 0 Å². The quantitative estimate of drug-likeness (QED) is 0.173. The molecule has 1 aromatic heterocycles. The zero-order valence-electron chi connectivity index (χ0n) is 19.2. The molecule has 4 unspecified atom stereocenters. The molecular formula is C19H25N3O13P2. The van der Waals surface area contributed by atoms with Gasteiger partial charge in [-0.1, -0.05) is 18.2 Å². The number of aliphatic hydroxyl groups excluding tert-OH is 3. The van der Waals surface area contributed by atoms with E-state index < -0.39 is 76.5 Å². The number of aliphatic hydroxyl groups is 3. The maximum absolute atomic E-state index is 12.6. The number of anilines is 1. The molecule has 1 fully saturated rings. The van der Waals surface area contributed by atoms with E-state index in [1.807, 2.05) is 4.98 Å². The SMILES string of the molecule is CC(=O)Nc1c(CO)cccc1CP(=O)(O)OP(=O)(O)OC[C@H]1O[C@@H](n2ccc(=O)[nH]c2=O)C(O)C1O. The first-order chi connectivity index (χ1) is 17.2. The van der Waals surface area contributed by atoms with Gasteiger partial charge in [-0.2, -0.15) is 0 Å². The number of aromatic nitrogens is 2. The number of nitrogens with zero attached hydrogens (tertiary/aromatic N) is 1. The van der Waals surface area contributed by atoms with Crippen molar-refractivity contribution in [2.75, 3.05) is 11.9 Å². The molecule has 7 N–H and O–H groups in total. The van der Waals surface area contributed by atoms with Crippen molar-refractivity contribution >= 4 is 27.0 Å². The fraction of sp³-hybridized carbons (Fsp3) is 0.421. The molecule has 0 radical (unpaired) electrons. The van der Waals surface area contributed by atoms with E-state index in [9.17, 15) is 48.6 Å². The molecular weight excluding hydrogens is 540 g/mol. The fourth-order valence-electron chi connectivity index (χ4n) is 3.57. The third-order valence-electron chi connectivity index (χ3n) is 5.17. The number of nitrogens with one attached hydrogen (secondary N) is 2. The molecule has 6 atom stereocenters. The number of phosphoric acid groups is 1. The summed E-state index contributed by atoms with van der Waals surface area (Å²) in [5.41, 5.74) is -1.39. The summed E-state index contributed by atoms with van der Waals surface area (Å²) in [7, 11) is -10.2. The smallest absolute Gasteiger partial charge is 0.392 e. The Hall–Kier alpha value is -2.49. The molecule has 1 aliphatic rings. The van der Waals surface area contributed by atoms with Gasteiger partial charge in [-0.3, -0.25) is 28.2 Å². The summed E-state index contributed by atoms with van der Waals surface area (Å²) in [4.78, 5) is 56.8. The average molecular weight is 565 g/mol. The highest BCUT2D eigenvalue weighted by Gasteiger charge is 2.46. The topological polar surface area (TPSA) is 247 Å². The summed E-state index contributed by atoms with van der Waals surface area (Å²) in [6.45, 7) is -0.238. The highest BCUT2D eigenvalue weighted by atomic mass is 31.3. The van der Waals surface area contributed by atoms with Crippen molar-refractivity contribution in [2.45, 2.75) is 44.2 Å². The van der Waals surface area contributed by atoms with Crippen molar-refractivity contribution in [3.63, 3.8) is 0 Å². The average Bonchev–Trinajstić information content (AvgIpc) is 3.06. The molecule has 16 nitrogen and oxygen atoms in total. The van der Waals surface area contributed by atoms with Crippen molar-refractivity contribution < 1.29 is 52.6 Å². The van der Waals surface area contributed by atoms with Crippen molar-refractivity contribution in [2.24, 2.45) is 0 Å². The molecule has 0 bridgehead atoms. The number of rotatable bonds is 10. The monoisotopic (exact) mass is 565 g/mol. The van der Waals surface area contributed by atoms with Gasteiger partial charge in [-0.15, -0.1) is 0 Å². The van der Waals surface area contributed by atoms with Crippen molar-refractivity contribution in [3.05, 3.63) is 62.4 Å². The summed E-state index contributed by atoms with van der Waals surface area (Å²) in [5, 5.41) is 32.3. The molecule has 1 amide bonds. The van der Waals surface area contributed by atoms with Gasteiger partial charge in [0.25, 0.3) is 5.56 Å². The van der Waals surface area contributed by atoms with Crippen molar-refractivity contribution in [1.82, 2.24) is 9.55 Å². The third-order valence-corrected chi connectivity index (χ3v) is 8.24. The number of hydrogen-bond donors (Lipinski definition) is 7. The number of hydrogen-bond acceptors (Lipinski definition) is 11. The largest absolute Gasteiger partial charge is 0.479 e. The van der Waals surface area contributed by atoms with Gasteiger partial charge in [-0.25, -0.2) is 13.7 Å². The predicted molar refractivity (Wildman–Crippen MR) is 124 cm³/mol. The van der Waals surface area contributed by atoms with E-state index in [1.165, 1.54) is 25.1 Å². The van der Waals surface area contributed by atoms with E-state index in [-0.39, 0.29) is 16.8 Å². The molecule has 0 spiro atoms. The molecule has 2 heterocycles. The zero-order valence-corrected chi connectivity index (χ0v) is 21.0. The Bertz CT molecular complexity index is 1360. The molecule has 1 aliphatic heterocycles. The van der Waals surface area contributed by atoms with Crippen LogP contribution in [-0.2, 0) is 40.3 Å². The van der Waals surface area contributed by atoms with E-state index in [1.54, 1.807) is 0 Å². The number of aromatic amines is 1. The predicted octanol–water partition coefficient (Wildman–Crippen LogP) is -0.874. The van der Waals surface area contributed by atoms with Gasteiger partial charge in [0.05, 0.1) is 25.1 Å². The minimum Gasteiger partial charge on any atom is -0.392 e. The first-order valence-electron chi connectivity index (χ1n) is 10.6. The van der Waals surface area contributed by atoms with Crippen LogP contribution in [0.2, 0.25) is 0 Å². The molecule has 37 heavy (non-hydrogen) atoms. The minimum atomic E-state index is -5.26. The third kappa shape index (κ3) is 7.30. The van der Waals surface area contributed by atoms with Crippen LogP contribution >= 0.6 is 15.4 Å². The maximum atomic E-state index is 12.6. The van der Waals surface area contributed by atoms with E-state index in [2.05, 4.69) is 14.2 Å². The summed E-state index contributed by atoms with van der Waals surface area (Å²) in [5.74, 6) is -0.535. The highest BCUT2D eigenvalue weighted by molar-refractivity contribution is 7.63.